The largest absolute Gasteiger partial charge is 0.352 e. The van der Waals surface area contributed by atoms with Gasteiger partial charge in [0.1, 0.15) is 5.54 Å². The second-order valence-electron chi connectivity index (χ2n) is 5.62. The summed E-state index contributed by atoms with van der Waals surface area (Å²) in [7, 11) is 0. The van der Waals surface area contributed by atoms with Gasteiger partial charge in [-0.25, -0.2) is 0 Å². The van der Waals surface area contributed by atoms with Crippen molar-refractivity contribution in [3.63, 3.8) is 0 Å². The van der Waals surface area contributed by atoms with Crippen LogP contribution in [0.4, 0.5) is 0 Å². The number of nitrogens with two attached hydrogens (primary N) is 1. The molecule has 0 heterocycles. The molecule has 1 aromatic carbocycles. The molecule has 3 nitrogen and oxygen atoms in total. The number of hydrogen-bond donors (Lipinski definition) is 2. The van der Waals surface area contributed by atoms with Crippen LogP contribution in [0.15, 0.2) is 30.3 Å². The Morgan fingerprint density at radius 1 is 1.44 bits per heavy atom. The van der Waals surface area contributed by atoms with Crippen molar-refractivity contribution in [1.29, 1.82) is 0 Å². The molecule has 1 aliphatic carbocycles. The van der Waals surface area contributed by atoms with Crippen LogP contribution in [0.5, 0.6) is 0 Å². The van der Waals surface area contributed by atoms with E-state index in [-0.39, 0.29) is 11.9 Å². The van der Waals surface area contributed by atoms with Gasteiger partial charge in [0.05, 0.1) is 0 Å². The molecular weight excluding hydrogens is 224 g/mol. The van der Waals surface area contributed by atoms with Crippen molar-refractivity contribution in [2.45, 2.75) is 44.7 Å². The third-order valence-electron chi connectivity index (χ3n) is 3.61. The summed E-state index contributed by atoms with van der Waals surface area (Å²) in [5.41, 5.74) is 6.05. The standard InChI is InChI=1S/C15H22N2O/c1-11(10-12-8-9-12)17-14(18)15(2,16)13-6-4-3-5-7-13/h3-7,11-12H,8-10,16H2,1-2H3,(H,17,18). The van der Waals surface area contributed by atoms with Crippen LogP contribution in [0.2, 0.25) is 0 Å². The van der Waals surface area contributed by atoms with E-state index in [0.29, 0.717) is 0 Å². The van der Waals surface area contributed by atoms with Crippen molar-refractivity contribution in [2.24, 2.45) is 11.7 Å². The monoisotopic (exact) mass is 246 g/mol. The molecule has 0 aromatic heterocycles. The third kappa shape index (κ3) is 3.10. The Kier molecular flexibility index (Phi) is 3.71. The fourth-order valence-corrected chi connectivity index (χ4v) is 2.20. The Hall–Kier alpha value is -1.35. The lowest BCUT2D eigenvalue weighted by Crippen LogP contribution is -2.51. The highest BCUT2D eigenvalue weighted by Crippen LogP contribution is 2.33. The number of hydrogen-bond acceptors (Lipinski definition) is 2. The van der Waals surface area contributed by atoms with Crippen LogP contribution < -0.4 is 11.1 Å². The fraction of sp³-hybridized carbons (Fsp3) is 0.533. The van der Waals surface area contributed by atoms with E-state index in [0.717, 1.165) is 17.9 Å². The summed E-state index contributed by atoms with van der Waals surface area (Å²) < 4.78 is 0. The van der Waals surface area contributed by atoms with Gasteiger partial charge in [0, 0.05) is 6.04 Å². The summed E-state index contributed by atoms with van der Waals surface area (Å²) in [5.74, 6) is 0.711. The third-order valence-corrected chi connectivity index (χ3v) is 3.61. The van der Waals surface area contributed by atoms with Crippen molar-refractivity contribution in [1.82, 2.24) is 5.32 Å². The highest BCUT2D eigenvalue weighted by molar-refractivity contribution is 5.87. The fourth-order valence-electron chi connectivity index (χ4n) is 2.20. The van der Waals surface area contributed by atoms with Gasteiger partial charge in [0.15, 0.2) is 0 Å². The molecule has 2 rings (SSSR count). The summed E-state index contributed by atoms with van der Waals surface area (Å²) in [5, 5.41) is 3.03. The minimum Gasteiger partial charge on any atom is -0.352 e. The van der Waals surface area contributed by atoms with Crippen molar-refractivity contribution in [2.75, 3.05) is 0 Å². The quantitative estimate of drug-likeness (QED) is 0.836. The number of carbonyl (C=O) groups is 1. The molecule has 1 saturated carbocycles. The molecule has 0 aliphatic heterocycles. The zero-order valence-corrected chi connectivity index (χ0v) is 11.1. The van der Waals surface area contributed by atoms with Crippen molar-refractivity contribution >= 4 is 5.91 Å². The summed E-state index contributed by atoms with van der Waals surface area (Å²) >= 11 is 0. The molecule has 2 unspecified atom stereocenters. The summed E-state index contributed by atoms with van der Waals surface area (Å²) in [6.07, 6.45) is 3.67. The second kappa shape index (κ2) is 5.11. The van der Waals surface area contributed by atoms with E-state index in [1.54, 1.807) is 6.92 Å². The molecule has 0 saturated heterocycles. The first-order valence-electron chi connectivity index (χ1n) is 6.65. The molecule has 2 atom stereocenters. The van der Waals surface area contributed by atoms with Crippen LogP contribution in [0.25, 0.3) is 0 Å². The molecule has 1 amide bonds. The van der Waals surface area contributed by atoms with E-state index in [9.17, 15) is 4.79 Å². The van der Waals surface area contributed by atoms with Gasteiger partial charge in [-0.3, -0.25) is 4.79 Å². The molecule has 0 radical (unpaired) electrons. The van der Waals surface area contributed by atoms with Gasteiger partial charge in [0.2, 0.25) is 5.91 Å². The van der Waals surface area contributed by atoms with Crippen LogP contribution in [-0.2, 0) is 10.3 Å². The van der Waals surface area contributed by atoms with Crippen molar-refractivity contribution < 1.29 is 4.79 Å². The predicted molar refractivity (Wildman–Crippen MR) is 72.9 cm³/mol. The summed E-state index contributed by atoms with van der Waals surface area (Å²) in [6.45, 7) is 3.82. The Bertz CT molecular complexity index is 410. The zero-order chi connectivity index (χ0) is 13.2. The van der Waals surface area contributed by atoms with Crippen LogP contribution in [0, 0.1) is 5.92 Å². The van der Waals surface area contributed by atoms with E-state index < -0.39 is 5.54 Å². The van der Waals surface area contributed by atoms with Crippen molar-refractivity contribution in [3.05, 3.63) is 35.9 Å². The van der Waals surface area contributed by atoms with Crippen molar-refractivity contribution in [3.8, 4) is 0 Å². The molecule has 0 spiro atoms. The number of benzene rings is 1. The first-order chi connectivity index (χ1) is 8.50. The first kappa shape index (κ1) is 13.1. The SMILES string of the molecule is CC(CC1CC1)NC(=O)C(C)(N)c1ccccc1. The highest BCUT2D eigenvalue weighted by atomic mass is 16.2. The average molecular weight is 246 g/mol. The normalized spacial score (nSPS) is 19.9. The van der Waals surface area contributed by atoms with Gasteiger partial charge in [-0.15, -0.1) is 0 Å². The molecule has 3 N–H and O–H groups in total. The smallest absolute Gasteiger partial charge is 0.244 e. The topological polar surface area (TPSA) is 55.1 Å². The Morgan fingerprint density at radius 2 is 2.06 bits per heavy atom. The van der Waals surface area contributed by atoms with Gasteiger partial charge in [-0.1, -0.05) is 43.2 Å². The number of amides is 1. The zero-order valence-electron chi connectivity index (χ0n) is 11.1. The van der Waals surface area contributed by atoms with E-state index in [1.165, 1.54) is 12.8 Å². The summed E-state index contributed by atoms with van der Waals surface area (Å²) in [6, 6.07) is 9.73. The second-order valence-corrected chi connectivity index (χ2v) is 5.62. The molecular formula is C15H22N2O. The maximum absolute atomic E-state index is 12.2. The molecule has 0 bridgehead atoms. The Balaban J connectivity index is 1.98. The lowest BCUT2D eigenvalue weighted by Gasteiger charge is -2.26. The van der Waals surface area contributed by atoms with Crippen LogP contribution >= 0.6 is 0 Å². The van der Waals surface area contributed by atoms with Crippen LogP contribution in [0.3, 0.4) is 0 Å². The Morgan fingerprint density at radius 3 is 2.61 bits per heavy atom. The lowest BCUT2D eigenvalue weighted by atomic mass is 9.92. The van der Waals surface area contributed by atoms with Crippen LogP contribution in [0.1, 0.15) is 38.7 Å². The van der Waals surface area contributed by atoms with Gasteiger partial charge in [-0.2, -0.15) is 0 Å². The molecule has 1 aromatic rings. The summed E-state index contributed by atoms with van der Waals surface area (Å²) in [4.78, 5) is 12.2. The minimum atomic E-state index is -0.959. The van der Waals surface area contributed by atoms with E-state index >= 15 is 0 Å². The minimum absolute atomic E-state index is 0.0955. The first-order valence-corrected chi connectivity index (χ1v) is 6.65. The van der Waals surface area contributed by atoms with E-state index in [2.05, 4.69) is 12.2 Å². The van der Waals surface area contributed by atoms with E-state index in [1.807, 2.05) is 30.3 Å². The highest BCUT2D eigenvalue weighted by Gasteiger charge is 2.32. The predicted octanol–water partition coefficient (Wildman–Crippen LogP) is 2.17. The maximum Gasteiger partial charge on any atom is 0.244 e. The van der Waals surface area contributed by atoms with Gasteiger partial charge in [-0.05, 0) is 31.7 Å². The number of nitrogens with one attached hydrogen (secondary N) is 1. The molecule has 98 valence electrons. The lowest BCUT2D eigenvalue weighted by molar-refractivity contribution is -0.126. The molecule has 3 heteroatoms. The molecule has 1 aliphatic rings. The molecule has 18 heavy (non-hydrogen) atoms. The van der Waals surface area contributed by atoms with Gasteiger partial charge >= 0.3 is 0 Å². The average Bonchev–Trinajstić information content (AvgIpc) is 3.13. The van der Waals surface area contributed by atoms with Crippen LogP contribution in [-0.4, -0.2) is 11.9 Å². The molecule has 1 fully saturated rings. The van der Waals surface area contributed by atoms with Gasteiger partial charge in [0.25, 0.3) is 0 Å². The van der Waals surface area contributed by atoms with E-state index in [4.69, 9.17) is 5.73 Å². The number of carbonyl (C=O) groups excluding carboxylic acids is 1. The van der Waals surface area contributed by atoms with Gasteiger partial charge < -0.3 is 11.1 Å². The number of rotatable bonds is 5. The Labute approximate surface area is 109 Å². The maximum atomic E-state index is 12.2.